The minimum Gasteiger partial charge on any atom is -0.254 e. The van der Waals surface area contributed by atoms with Crippen molar-refractivity contribution in [2.75, 3.05) is 7.05 Å². The molecule has 370 valence electrons. The van der Waals surface area contributed by atoms with Gasteiger partial charge in [-0.2, -0.15) is 0 Å². The van der Waals surface area contributed by atoms with Crippen molar-refractivity contribution in [3.8, 4) is 0 Å². The SMILES string of the molecule is Cc1cc(C)cc([C@@H]2CC[C@@H](c3cc(C)cc(CC4C[C@H](c5ccccc5)P(N(C5CCCCC5)P(c5ccccc5)c5ccccc5)[C@H]4c4ccccc4)c3)P2N(C)P(c2ccccc2)c2ccccc2)c1. The van der Waals surface area contributed by atoms with Crippen LogP contribution in [0.4, 0.5) is 0 Å². The van der Waals surface area contributed by atoms with Crippen LogP contribution in [-0.2, 0) is 6.42 Å². The summed E-state index contributed by atoms with van der Waals surface area (Å²) < 4.78 is 6.16. The Labute approximate surface area is 442 Å². The summed E-state index contributed by atoms with van der Waals surface area (Å²) in [5, 5.41) is 5.85. The van der Waals surface area contributed by atoms with Crippen molar-refractivity contribution in [2.24, 2.45) is 5.92 Å². The lowest BCUT2D eigenvalue weighted by atomic mass is 9.86. The maximum absolute atomic E-state index is 3.25. The molecule has 2 nitrogen and oxygen atoms in total. The van der Waals surface area contributed by atoms with Crippen molar-refractivity contribution in [3.63, 3.8) is 0 Å². The summed E-state index contributed by atoms with van der Waals surface area (Å²) in [6.45, 7) is 6.97. The van der Waals surface area contributed by atoms with Gasteiger partial charge in [-0.05, 0) is 137 Å². The Morgan fingerprint density at radius 3 is 1.33 bits per heavy atom. The van der Waals surface area contributed by atoms with Gasteiger partial charge in [-0.15, -0.1) is 0 Å². The van der Waals surface area contributed by atoms with Crippen LogP contribution in [0.1, 0.15) is 119 Å². The monoisotopic (exact) mass is 1030 g/mol. The van der Waals surface area contributed by atoms with Gasteiger partial charge in [0.2, 0.25) is 0 Å². The molecule has 8 aromatic rings. The van der Waals surface area contributed by atoms with E-state index in [0.717, 1.165) is 6.42 Å². The summed E-state index contributed by atoms with van der Waals surface area (Å²) in [5.41, 5.74) is 13.7. The molecule has 8 aromatic carbocycles. The maximum atomic E-state index is 3.25. The van der Waals surface area contributed by atoms with Gasteiger partial charge in [0.05, 0.1) is 0 Å². The maximum Gasteiger partial charge on any atom is 0.0321 e. The molecular weight excluding hydrogens is 957 g/mol. The van der Waals surface area contributed by atoms with E-state index in [2.05, 4.69) is 255 Å². The van der Waals surface area contributed by atoms with Crippen LogP contribution in [0.15, 0.2) is 218 Å². The molecule has 3 unspecified atom stereocenters. The predicted octanol–water partition coefficient (Wildman–Crippen LogP) is 17.7. The predicted molar refractivity (Wildman–Crippen MR) is 320 cm³/mol. The molecule has 7 atom stereocenters. The molecule has 2 heterocycles. The Bertz CT molecular complexity index is 2910. The van der Waals surface area contributed by atoms with Gasteiger partial charge in [0, 0.05) is 44.8 Å². The van der Waals surface area contributed by atoms with Crippen LogP contribution >= 0.6 is 32.3 Å². The summed E-state index contributed by atoms with van der Waals surface area (Å²) >= 11 is 0. The Morgan fingerprint density at radius 1 is 0.411 bits per heavy atom. The zero-order chi connectivity index (χ0) is 49.7. The van der Waals surface area contributed by atoms with E-state index in [1.807, 2.05) is 0 Å². The van der Waals surface area contributed by atoms with Crippen molar-refractivity contribution in [3.05, 3.63) is 263 Å². The lowest BCUT2D eigenvalue weighted by molar-refractivity contribution is 0.351. The number of aryl methyl sites for hydroxylation is 3. The standard InChI is InChI=1S/C67H72N2P4/c1-50-42-51(2)45-56(44-50)64-40-41-65(72(64)68(4)70(60-32-18-8-19-33-60)61-34-20-9-21-35-61)57-46-52(3)43-53(47-57)48-58-49-66(54-26-12-5-13-27-54)73(67(58)55-28-14-6-15-29-55)69(59-30-16-7-17-31-59)71(62-36-22-10-23-37-62)63-38-24-11-25-39-63/h5-6,8-15,18-29,32-39,42-47,58-59,64-67H,7,16-17,30-31,40-41,48-49H2,1-4H3/t58?,64-,65-,66+,67-,72?,73?/m0/s1. The lowest BCUT2D eigenvalue weighted by Gasteiger charge is -2.48. The molecule has 0 aromatic heterocycles. The highest BCUT2D eigenvalue weighted by molar-refractivity contribution is 7.80. The Kier molecular flexibility index (Phi) is 16.3. The molecule has 3 fully saturated rings. The first-order chi connectivity index (χ1) is 35.9. The van der Waals surface area contributed by atoms with Crippen molar-refractivity contribution in [2.45, 2.75) is 107 Å². The van der Waals surface area contributed by atoms with Crippen molar-refractivity contribution in [1.29, 1.82) is 0 Å². The Balaban J connectivity index is 1.03. The topological polar surface area (TPSA) is 6.48 Å². The number of hydrogen-bond acceptors (Lipinski definition) is 2. The van der Waals surface area contributed by atoms with Crippen LogP contribution in [0.25, 0.3) is 0 Å². The van der Waals surface area contributed by atoms with E-state index in [0.29, 0.717) is 34.6 Å². The highest BCUT2D eigenvalue weighted by Crippen LogP contribution is 2.80. The quantitative estimate of drug-likeness (QED) is 0.0944. The first-order valence-corrected chi connectivity index (χ1v) is 32.5. The van der Waals surface area contributed by atoms with E-state index < -0.39 is 32.3 Å². The average molecular weight is 1030 g/mol. The van der Waals surface area contributed by atoms with Gasteiger partial charge < -0.3 is 0 Å². The summed E-state index contributed by atoms with van der Waals surface area (Å²) in [6, 6.07) is 85.8. The first kappa shape index (κ1) is 50.6. The normalized spacial score (nSPS) is 22.4. The second-order valence-corrected chi connectivity index (χ2v) is 31.0. The van der Waals surface area contributed by atoms with Crippen LogP contribution in [-0.4, -0.2) is 22.0 Å². The molecule has 2 aliphatic heterocycles. The molecule has 0 spiro atoms. The van der Waals surface area contributed by atoms with Crippen LogP contribution < -0.4 is 21.2 Å². The number of benzene rings is 8. The van der Waals surface area contributed by atoms with Crippen LogP contribution in [0.2, 0.25) is 0 Å². The van der Waals surface area contributed by atoms with Crippen LogP contribution in [0.3, 0.4) is 0 Å². The van der Waals surface area contributed by atoms with Gasteiger partial charge in [-0.3, -0.25) is 4.44 Å². The molecule has 11 rings (SSSR count). The summed E-state index contributed by atoms with van der Waals surface area (Å²) in [7, 11) is -0.388. The first-order valence-electron chi connectivity index (χ1n) is 27.1. The zero-order valence-corrected chi connectivity index (χ0v) is 46.9. The van der Waals surface area contributed by atoms with Gasteiger partial charge >= 0.3 is 0 Å². The van der Waals surface area contributed by atoms with Gasteiger partial charge in [0.15, 0.2) is 0 Å². The molecule has 0 amide bonds. The van der Waals surface area contributed by atoms with Gasteiger partial charge in [0.25, 0.3) is 0 Å². The second kappa shape index (κ2) is 23.5. The molecule has 0 bridgehead atoms. The molecule has 6 heteroatoms. The summed E-state index contributed by atoms with van der Waals surface area (Å²) in [5.74, 6) is 0.489. The van der Waals surface area contributed by atoms with Gasteiger partial charge in [-0.25, -0.2) is 4.44 Å². The van der Waals surface area contributed by atoms with Crippen LogP contribution in [0.5, 0.6) is 0 Å². The fourth-order valence-corrected chi connectivity index (χ4v) is 28.1. The minimum absolute atomic E-state index is 0.425. The van der Waals surface area contributed by atoms with Crippen molar-refractivity contribution >= 4 is 53.5 Å². The molecule has 1 saturated carbocycles. The van der Waals surface area contributed by atoms with Crippen molar-refractivity contribution in [1.82, 2.24) is 8.88 Å². The molecular formula is C67H72N2P4. The van der Waals surface area contributed by atoms with E-state index in [1.54, 1.807) is 5.56 Å². The zero-order valence-electron chi connectivity index (χ0n) is 43.3. The molecule has 1 aliphatic carbocycles. The highest BCUT2D eigenvalue weighted by Gasteiger charge is 2.51. The highest BCUT2D eigenvalue weighted by atomic mass is 31.2. The van der Waals surface area contributed by atoms with Crippen LogP contribution in [0, 0.1) is 26.7 Å². The molecule has 2 saturated heterocycles. The molecule has 3 aliphatic rings. The fraction of sp³-hybridized carbons (Fsp3) is 0.284. The summed E-state index contributed by atoms with van der Waals surface area (Å²) in [4.78, 5) is 0. The third-order valence-electron chi connectivity index (χ3n) is 15.9. The Morgan fingerprint density at radius 2 is 0.836 bits per heavy atom. The van der Waals surface area contributed by atoms with E-state index in [-0.39, 0.29) is 0 Å². The number of hydrogen-bond donors (Lipinski definition) is 0. The smallest absolute Gasteiger partial charge is 0.0321 e. The third kappa shape index (κ3) is 11.2. The van der Waals surface area contributed by atoms with Crippen molar-refractivity contribution < 1.29 is 0 Å². The van der Waals surface area contributed by atoms with Gasteiger partial charge in [-0.1, -0.05) is 254 Å². The fourth-order valence-electron chi connectivity index (χ4n) is 13.0. The molecule has 0 radical (unpaired) electrons. The summed E-state index contributed by atoms with van der Waals surface area (Å²) in [6.07, 6.45) is 11.3. The second-order valence-electron chi connectivity index (χ2n) is 21.1. The molecule has 0 N–H and O–H groups in total. The third-order valence-corrected chi connectivity index (χ3v) is 29.0. The van der Waals surface area contributed by atoms with E-state index >= 15 is 0 Å². The van der Waals surface area contributed by atoms with Gasteiger partial charge in [0.1, 0.15) is 0 Å². The lowest BCUT2D eigenvalue weighted by Crippen LogP contribution is -2.36. The largest absolute Gasteiger partial charge is 0.254 e. The number of nitrogens with zero attached hydrogens (tertiary/aromatic N) is 2. The Hall–Kier alpha value is -4.60. The van der Waals surface area contributed by atoms with E-state index in [1.165, 1.54) is 112 Å². The minimum atomic E-state index is -0.795. The average Bonchev–Trinajstić information content (AvgIpc) is 4.04. The van der Waals surface area contributed by atoms with E-state index in [9.17, 15) is 0 Å². The number of rotatable bonds is 15. The molecule has 73 heavy (non-hydrogen) atoms. The van der Waals surface area contributed by atoms with E-state index in [4.69, 9.17) is 0 Å².